The monoisotopic (exact) mass is 201 g/mol. The van der Waals surface area contributed by atoms with Crippen LogP contribution in [0.1, 0.15) is 25.7 Å². The summed E-state index contributed by atoms with van der Waals surface area (Å²) >= 11 is 0. The summed E-state index contributed by atoms with van der Waals surface area (Å²) in [5.41, 5.74) is 0.117. The standard InChI is InChI=1S/C9H23N3Si/c1-10-8(11-2)6-4-5-7-9(8,13)12-3/h10-12H,4-7H2,1-3,13H3. The van der Waals surface area contributed by atoms with Gasteiger partial charge in [0, 0.05) is 15.4 Å². The fourth-order valence-electron chi connectivity index (χ4n) is 2.62. The first-order chi connectivity index (χ1) is 6.14. The molecule has 1 unspecified atom stereocenters. The molecular formula is C9H23N3Si. The second kappa shape index (κ2) is 4.08. The number of rotatable bonds is 3. The molecule has 3 nitrogen and oxygen atoms in total. The highest BCUT2D eigenvalue weighted by molar-refractivity contribution is 6.16. The highest BCUT2D eigenvalue weighted by atomic mass is 28.1. The molecule has 0 radical (unpaired) electrons. The molecule has 78 valence electrons. The first-order valence-corrected chi connectivity index (χ1v) is 6.21. The average molecular weight is 201 g/mol. The quantitative estimate of drug-likeness (QED) is 0.404. The number of hydrogen-bond donors (Lipinski definition) is 3. The van der Waals surface area contributed by atoms with Gasteiger partial charge < -0.3 is 16.0 Å². The van der Waals surface area contributed by atoms with Crippen molar-refractivity contribution in [2.24, 2.45) is 0 Å². The Labute approximate surface area is 84.5 Å². The topological polar surface area (TPSA) is 36.1 Å². The second-order valence-electron chi connectivity index (χ2n) is 4.19. The molecule has 0 aliphatic heterocycles. The Morgan fingerprint density at radius 1 is 0.923 bits per heavy atom. The van der Waals surface area contributed by atoms with Crippen molar-refractivity contribution in [2.75, 3.05) is 21.1 Å². The Balaban J connectivity index is 2.87. The summed E-state index contributed by atoms with van der Waals surface area (Å²) in [6.45, 7) is 0. The van der Waals surface area contributed by atoms with Crippen LogP contribution in [-0.4, -0.2) is 42.2 Å². The summed E-state index contributed by atoms with van der Waals surface area (Å²) in [6.07, 6.45) is 5.20. The summed E-state index contributed by atoms with van der Waals surface area (Å²) in [6, 6.07) is 0. The van der Waals surface area contributed by atoms with Crippen molar-refractivity contribution >= 4 is 10.2 Å². The van der Waals surface area contributed by atoms with Crippen molar-refractivity contribution in [3.05, 3.63) is 0 Å². The fourth-order valence-corrected chi connectivity index (χ4v) is 3.73. The van der Waals surface area contributed by atoms with Gasteiger partial charge in [-0.1, -0.05) is 12.8 Å². The summed E-state index contributed by atoms with van der Waals surface area (Å²) in [7, 11) is 7.38. The van der Waals surface area contributed by atoms with Gasteiger partial charge in [-0.05, 0) is 34.0 Å². The Hall–Kier alpha value is 0.0969. The first-order valence-electron chi connectivity index (χ1n) is 5.21. The molecule has 1 saturated carbocycles. The molecule has 4 heteroatoms. The zero-order chi connectivity index (χ0) is 9.95. The smallest absolute Gasteiger partial charge is 0.0830 e. The molecule has 0 spiro atoms. The van der Waals surface area contributed by atoms with Gasteiger partial charge in [-0.2, -0.15) is 0 Å². The van der Waals surface area contributed by atoms with E-state index in [4.69, 9.17) is 0 Å². The zero-order valence-corrected chi connectivity index (χ0v) is 11.3. The zero-order valence-electron chi connectivity index (χ0n) is 9.33. The van der Waals surface area contributed by atoms with Crippen LogP contribution in [0.5, 0.6) is 0 Å². The first kappa shape index (κ1) is 11.2. The maximum absolute atomic E-state index is 3.51. The van der Waals surface area contributed by atoms with E-state index in [0.29, 0.717) is 5.16 Å². The Kier molecular flexibility index (Phi) is 3.51. The largest absolute Gasteiger partial charge is 0.315 e. The van der Waals surface area contributed by atoms with Crippen LogP contribution in [-0.2, 0) is 0 Å². The molecule has 0 bridgehead atoms. The SMILES string of the molecule is CNC1([SiH3])CCCCC1(NC)NC. The van der Waals surface area contributed by atoms with Crippen LogP contribution in [0.3, 0.4) is 0 Å². The predicted octanol–water partition coefficient (Wildman–Crippen LogP) is -1.02. The highest BCUT2D eigenvalue weighted by Gasteiger charge is 2.46. The van der Waals surface area contributed by atoms with Gasteiger partial charge in [-0.3, -0.25) is 0 Å². The second-order valence-corrected chi connectivity index (χ2v) is 5.90. The normalized spacial score (nSPS) is 33.5. The Bertz CT molecular complexity index is 170. The van der Waals surface area contributed by atoms with Crippen LogP contribution in [0.15, 0.2) is 0 Å². The fraction of sp³-hybridized carbons (Fsp3) is 1.00. The molecule has 0 heterocycles. The van der Waals surface area contributed by atoms with Crippen LogP contribution in [0.4, 0.5) is 0 Å². The van der Waals surface area contributed by atoms with Gasteiger partial charge in [0.25, 0.3) is 0 Å². The van der Waals surface area contributed by atoms with Gasteiger partial charge in [0.2, 0.25) is 0 Å². The molecule has 0 aromatic rings. The van der Waals surface area contributed by atoms with E-state index in [9.17, 15) is 0 Å². The van der Waals surface area contributed by atoms with E-state index >= 15 is 0 Å². The van der Waals surface area contributed by atoms with Gasteiger partial charge >= 0.3 is 0 Å². The molecule has 0 amide bonds. The summed E-state index contributed by atoms with van der Waals surface area (Å²) in [4.78, 5) is 0. The molecular weight excluding hydrogens is 178 g/mol. The third-order valence-corrected chi connectivity index (χ3v) is 5.68. The van der Waals surface area contributed by atoms with Gasteiger partial charge in [-0.15, -0.1) is 0 Å². The van der Waals surface area contributed by atoms with E-state index in [1.807, 2.05) is 0 Å². The third kappa shape index (κ3) is 1.68. The minimum Gasteiger partial charge on any atom is -0.315 e. The van der Waals surface area contributed by atoms with Gasteiger partial charge in [-0.25, -0.2) is 0 Å². The lowest BCUT2D eigenvalue weighted by molar-refractivity contribution is 0.123. The Morgan fingerprint density at radius 2 is 1.46 bits per heavy atom. The average Bonchev–Trinajstić information content (AvgIpc) is 2.19. The number of nitrogens with one attached hydrogen (secondary N) is 3. The molecule has 0 aromatic carbocycles. The maximum Gasteiger partial charge on any atom is 0.0830 e. The minimum atomic E-state index is 0.117. The minimum absolute atomic E-state index is 0.117. The summed E-state index contributed by atoms with van der Waals surface area (Å²) < 4.78 is 0. The summed E-state index contributed by atoms with van der Waals surface area (Å²) in [5.74, 6) is 0. The molecule has 1 aliphatic rings. The third-order valence-electron chi connectivity index (χ3n) is 3.83. The van der Waals surface area contributed by atoms with Gasteiger partial charge in [0.1, 0.15) is 0 Å². The maximum atomic E-state index is 3.51. The van der Waals surface area contributed by atoms with Crippen molar-refractivity contribution in [3.63, 3.8) is 0 Å². The molecule has 0 aromatic heterocycles. The van der Waals surface area contributed by atoms with Crippen LogP contribution >= 0.6 is 0 Å². The van der Waals surface area contributed by atoms with Crippen LogP contribution in [0, 0.1) is 0 Å². The van der Waals surface area contributed by atoms with Crippen molar-refractivity contribution in [1.29, 1.82) is 0 Å². The summed E-state index contributed by atoms with van der Waals surface area (Å²) in [5, 5.41) is 10.7. The lowest BCUT2D eigenvalue weighted by Gasteiger charge is -2.52. The van der Waals surface area contributed by atoms with Crippen LogP contribution in [0.2, 0.25) is 0 Å². The lowest BCUT2D eigenvalue weighted by Crippen LogP contribution is -2.75. The van der Waals surface area contributed by atoms with Crippen molar-refractivity contribution in [1.82, 2.24) is 16.0 Å². The van der Waals surface area contributed by atoms with Crippen molar-refractivity contribution in [2.45, 2.75) is 36.5 Å². The van der Waals surface area contributed by atoms with E-state index in [1.54, 1.807) is 0 Å². The van der Waals surface area contributed by atoms with E-state index in [0.717, 1.165) is 0 Å². The molecule has 1 fully saturated rings. The van der Waals surface area contributed by atoms with Crippen molar-refractivity contribution in [3.8, 4) is 0 Å². The predicted molar refractivity (Wildman–Crippen MR) is 61.0 cm³/mol. The van der Waals surface area contributed by atoms with E-state index < -0.39 is 0 Å². The van der Waals surface area contributed by atoms with E-state index in [2.05, 4.69) is 37.1 Å². The van der Waals surface area contributed by atoms with Gasteiger partial charge in [0.15, 0.2) is 0 Å². The van der Waals surface area contributed by atoms with Gasteiger partial charge in [0.05, 0.1) is 5.66 Å². The van der Waals surface area contributed by atoms with E-state index in [-0.39, 0.29) is 5.66 Å². The molecule has 0 saturated heterocycles. The van der Waals surface area contributed by atoms with E-state index in [1.165, 1.54) is 35.9 Å². The molecule has 1 atom stereocenters. The number of hydrogen-bond acceptors (Lipinski definition) is 3. The van der Waals surface area contributed by atoms with Crippen LogP contribution < -0.4 is 16.0 Å². The number of likely N-dealkylation sites (N-methyl/N-ethyl adjacent to an activating group) is 3. The lowest BCUT2D eigenvalue weighted by atomic mass is 9.83. The molecule has 3 N–H and O–H groups in total. The Morgan fingerprint density at radius 3 is 1.85 bits per heavy atom. The molecule has 13 heavy (non-hydrogen) atoms. The molecule has 1 rings (SSSR count). The van der Waals surface area contributed by atoms with Crippen molar-refractivity contribution < 1.29 is 0 Å². The molecule has 1 aliphatic carbocycles. The van der Waals surface area contributed by atoms with Crippen LogP contribution in [0.25, 0.3) is 0 Å². The highest BCUT2D eigenvalue weighted by Crippen LogP contribution is 2.32.